The van der Waals surface area contributed by atoms with Gasteiger partial charge in [0.2, 0.25) is 0 Å². The lowest BCUT2D eigenvalue weighted by Gasteiger charge is -2.18. The first-order valence-corrected chi connectivity index (χ1v) is 7.23. The molecule has 0 bridgehead atoms. The van der Waals surface area contributed by atoms with Crippen LogP contribution in [0, 0.1) is 5.92 Å². The van der Waals surface area contributed by atoms with Crippen molar-refractivity contribution in [1.82, 2.24) is 10.3 Å². The van der Waals surface area contributed by atoms with Gasteiger partial charge in [-0.15, -0.1) is 0 Å². The number of hydrogen-bond acceptors (Lipinski definition) is 5. The minimum Gasteiger partial charge on any atom is -0.453 e. The molecule has 0 unspecified atom stereocenters. The first-order valence-electron chi connectivity index (χ1n) is 7.23. The number of nitrogens with zero attached hydrogens (tertiary/aromatic N) is 1. The summed E-state index contributed by atoms with van der Waals surface area (Å²) in [6, 6.07) is 7.04. The standard InChI is InChI=1S/C16H18N2O4/c19-8-13-1-2-15(22-13)16(20)18-14-10-21-9-12(14)7-11-3-5-17-6-4-11/h1-6,12,14,19H,7-10H2,(H,18,20)/t12-,14-/m1/s1. The average Bonchev–Trinajstić information content (AvgIpc) is 3.18. The van der Waals surface area contributed by atoms with Crippen LogP contribution in [-0.2, 0) is 17.8 Å². The van der Waals surface area contributed by atoms with Crippen LogP contribution in [-0.4, -0.2) is 35.3 Å². The summed E-state index contributed by atoms with van der Waals surface area (Å²) in [5.41, 5.74) is 1.17. The molecule has 22 heavy (non-hydrogen) atoms. The Morgan fingerprint density at radius 1 is 1.27 bits per heavy atom. The van der Waals surface area contributed by atoms with Gasteiger partial charge in [-0.25, -0.2) is 0 Å². The highest BCUT2D eigenvalue weighted by atomic mass is 16.5. The molecular formula is C16H18N2O4. The van der Waals surface area contributed by atoms with E-state index in [0.717, 1.165) is 6.42 Å². The van der Waals surface area contributed by atoms with Crippen LogP contribution in [0.3, 0.4) is 0 Å². The number of rotatable bonds is 5. The van der Waals surface area contributed by atoms with Gasteiger partial charge in [-0.1, -0.05) is 0 Å². The van der Waals surface area contributed by atoms with Crippen molar-refractivity contribution < 1.29 is 19.1 Å². The van der Waals surface area contributed by atoms with E-state index in [-0.39, 0.29) is 30.2 Å². The molecule has 2 aromatic rings. The summed E-state index contributed by atoms with van der Waals surface area (Å²) in [6.45, 7) is 0.896. The molecule has 1 saturated heterocycles. The minimum atomic E-state index is -0.282. The van der Waals surface area contributed by atoms with Crippen molar-refractivity contribution in [1.29, 1.82) is 0 Å². The predicted octanol–water partition coefficient (Wildman–Crippen LogP) is 1.15. The molecule has 0 aromatic carbocycles. The van der Waals surface area contributed by atoms with Gasteiger partial charge in [0.1, 0.15) is 12.4 Å². The highest BCUT2D eigenvalue weighted by Gasteiger charge is 2.30. The third kappa shape index (κ3) is 3.35. The number of amides is 1. The van der Waals surface area contributed by atoms with Crippen LogP contribution in [0.4, 0.5) is 0 Å². The number of ether oxygens (including phenoxy) is 1. The van der Waals surface area contributed by atoms with Crippen LogP contribution in [0.1, 0.15) is 21.9 Å². The maximum atomic E-state index is 12.2. The van der Waals surface area contributed by atoms with E-state index >= 15 is 0 Å². The second-order valence-electron chi connectivity index (χ2n) is 5.36. The number of aliphatic hydroxyl groups is 1. The fourth-order valence-corrected chi connectivity index (χ4v) is 2.61. The van der Waals surface area contributed by atoms with Crippen LogP contribution in [0.2, 0.25) is 0 Å². The van der Waals surface area contributed by atoms with Gasteiger partial charge < -0.3 is 19.6 Å². The van der Waals surface area contributed by atoms with Gasteiger partial charge in [-0.05, 0) is 36.2 Å². The number of carbonyl (C=O) groups is 1. The Labute approximate surface area is 128 Å². The molecule has 0 aliphatic carbocycles. The second kappa shape index (κ2) is 6.72. The van der Waals surface area contributed by atoms with Gasteiger partial charge in [-0.3, -0.25) is 9.78 Å². The van der Waals surface area contributed by atoms with Gasteiger partial charge in [0.05, 0.1) is 19.3 Å². The molecule has 0 saturated carbocycles. The minimum absolute atomic E-state index is 0.0525. The molecule has 2 N–H and O–H groups in total. The molecule has 0 spiro atoms. The first-order chi connectivity index (χ1) is 10.8. The van der Waals surface area contributed by atoms with Crippen molar-refractivity contribution in [2.75, 3.05) is 13.2 Å². The average molecular weight is 302 g/mol. The van der Waals surface area contributed by atoms with Crippen molar-refractivity contribution in [3.63, 3.8) is 0 Å². The lowest BCUT2D eigenvalue weighted by molar-refractivity contribution is 0.0892. The summed E-state index contributed by atoms with van der Waals surface area (Å²) in [4.78, 5) is 16.2. The van der Waals surface area contributed by atoms with Crippen LogP contribution in [0.15, 0.2) is 41.1 Å². The second-order valence-corrected chi connectivity index (χ2v) is 5.36. The van der Waals surface area contributed by atoms with E-state index in [1.165, 1.54) is 5.56 Å². The third-order valence-corrected chi connectivity index (χ3v) is 3.80. The zero-order chi connectivity index (χ0) is 15.4. The van der Waals surface area contributed by atoms with Gasteiger partial charge in [0, 0.05) is 18.3 Å². The topological polar surface area (TPSA) is 84.6 Å². The zero-order valence-electron chi connectivity index (χ0n) is 12.1. The predicted molar refractivity (Wildman–Crippen MR) is 78.1 cm³/mol. The molecule has 0 radical (unpaired) electrons. The Bertz CT molecular complexity index is 626. The Hall–Kier alpha value is -2.18. The summed E-state index contributed by atoms with van der Waals surface area (Å²) in [5, 5.41) is 11.9. The van der Waals surface area contributed by atoms with E-state index in [4.69, 9.17) is 14.3 Å². The highest BCUT2D eigenvalue weighted by molar-refractivity contribution is 5.91. The molecular weight excluding hydrogens is 284 g/mol. The quantitative estimate of drug-likeness (QED) is 0.865. The molecule has 6 nitrogen and oxygen atoms in total. The lowest BCUT2D eigenvalue weighted by Crippen LogP contribution is -2.40. The molecule has 116 valence electrons. The largest absolute Gasteiger partial charge is 0.453 e. The molecule has 2 aromatic heterocycles. The van der Waals surface area contributed by atoms with Crippen molar-refractivity contribution in [2.45, 2.75) is 19.1 Å². The van der Waals surface area contributed by atoms with Gasteiger partial charge >= 0.3 is 0 Å². The molecule has 1 fully saturated rings. The molecule has 1 aliphatic rings. The monoisotopic (exact) mass is 302 g/mol. The summed E-state index contributed by atoms with van der Waals surface area (Å²) < 4.78 is 10.8. The van der Waals surface area contributed by atoms with Crippen LogP contribution in [0.25, 0.3) is 0 Å². The van der Waals surface area contributed by atoms with Crippen LogP contribution >= 0.6 is 0 Å². The Balaban J connectivity index is 1.62. The zero-order valence-corrected chi connectivity index (χ0v) is 12.1. The van der Waals surface area contributed by atoms with E-state index in [9.17, 15) is 4.79 Å². The van der Waals surface area contributed by atoms with Crippen molar-refractivity contribution in [3.05, 3.63) is 53.7 Å². The lowest BCUT2D eigenvalue weighted by atomic mass is 9.95. The van der Waals surface area contributed by atoms with Crippen molar-refractivity contribution >= 4 is 5.91 Å². The SMILES string of the molecule is O=C(N[C@@H]1COC[C@H]1Cc1ccncc1)c1ccc(CO)o1. The Kier molecular flexibility index (Phi) is 4.50. The third-order valence-electron chi connectivity index (χ3n) is 3.80. The fourth-order valence-electron chi connectivity index (χ4n) is 2.61. The smallest absolute Gasteiger partial charge is 0.287 e. The number of aliphatic hydroxyl groups excluding tert-OH is 1. The molecule has 1 amide bonds. The van der Waals surface area contributed by atoms with Crippen LogP contribution in [0.5, 0.6) is 0 Å². The van der Waals surface area contributed by atoms with Crippen LogP contribution < -0.4 is 5.32 Å². The van der Waals surface area contributed by atoms with Gasteiger partial charge in [-0.2, -0.15) is 0 Å². The van der Waals surface area contributed by atoms with E-state index in [0.29, 0.717) is 19.0 Å². The number of carbonyl (C=O) groups excluding carboxylic acids is 1. The van der Waals surface area contributed by atoms with Gasteiger partial charge in [0.25, 0.3) is 5.91 Å². The molecule has 1 aliphatic heterocycles. The number of furan rings is 1. The Morgan fingerprint density at radius 3 is 2.82 bits per heavy atom. The number of aromatic nitrogens is 1. The summed E-state index contributed by atoms with van der Waals surface area (Å²) in [7, 11) is 0. The maximum Gasteiger partial charge on any atom is 0.287 e. The normalized spacial score (nSPS) is 21.0. The molecule has 3 rings (SSSR count). The summed E-state index contributed by atoms with van der Waals surface area (Å²) in [5.74, 6) is 0.522. The maximum absolute atomic E-state index is 12.2. The van der Waals surface area contributed by atoms with E-state index in [1.807, 2.05) is 12.1 Å². The van der Waals surface area contributed by atoms with E-state index < -0.39 is 0 Å². The summed E-state index contributed by atoms with van der Waals surface area (Å²) >= 11 is 0. The number of pyridine rings is 1. The van der Waals surface area contributed by atoms with Crippen molar-refractivity contribution in [3.8, 4) is 0 Å². The number of hydrogen-bond donors (Lipinski definition) is 2. The molecule has 2 atom stereocenters. The highest BCUT2D eigenvalue weighted by Crippen LogP contribution is 2.19. The summed E-state index contributed by atoms with van der Waals surface area (Å²) in [6.07, 6.45) is 4.35. The molecule has 3 heterocycles. The van der Waals surface area contributed by atoms with E-state index in [1.54, 1.807) is 24.5 Å². The first kappa shape index (κ1) is 14.7. The number of nitrogens with one attached hydrogen (secondary N) is 1. The van der Waals surface area contributed by atoms with Crippen molar-refractivity contribution in [2.24, 2.45) is 5.92 Å². The molecule has 6 heteroatoms. The van der Waals surface area contributed by atoms with E-state index in [2.05, 4.69) is 10.3 Å². The van der Waals surface area contributed by atoms with Gasteiger partial charge in [0.15, 0.2) is 5.76 Å². The fraction of sp³-hybridized carbons (Fsp3) is 0.375. The Morgan fingerprint density at radius 2 is 2.09 bits per heavy atom.